The second-order valence-corrected chi connectivity index (χ2v) is 5.05. The van der Waals surface area contributed by atoms with E-state index < -0.39 is 0 Å². The Kier molecular flexibility index (Phi) is 3.04. The molecule has 2 rings (SSSR count). The molecule has 0 fully saturated rings. The fourth-order valence-corrected chi connectivity index (χ4v) is 2.92. The Hall–Kier alpha value is -1.24. The highest BCUT2D eigenvalue weighted by atomic mass is 14.6. The van der Waals surface area contributed by atoms with Gasteiger partial charge in [-0.15, -0.1) is 0 Å². The number of hydrogen-bond donors (Lipinski definition) is 1. The zero-order valence-corrected chi connectivity index (χ0v) is 10.5. The average Bonchev–Trinajstić information content (AvgIpc) is 2.19. The van der Waals surface area contributed by atoms with Crippen molar-refractivity contribution in [1.82, 2.24) is 0 Å². The van der Waals surface area contributed by atoms with Crippen molar-refractivity contribution in [2.75, 3.05) is 0 Å². The zero-order chi connectivity index (χ0) is 11.7. The van der Waals surface area contributed by atoms with Crippen LogP contribution in [0.15, 0.2) is 46.2 Å². The fraction of sp³-hybridized carbons (Fsp3) is 0.467. The first-order valence-electron chi connectivity index (χ1n) is 6.14. The molecule has 0 aromatic heterocycles. The van der Waals surface area contributed by atoms with Crippen molar-refractivity contribution in [1.29, 1.82) is 0 Å². The van der Waals surface area contributed by atoms with Crippen LogP contribution in [0.25, 0.3) is 0 Å². The largest absolute Gasteiger partial charge is 0.399 e. The van der Waals surface area contributed by atoms with Gasteiger partial charge in [0.15, 0.2) is 0 Å². The quantitative estimate of drug-likeness (QED) is 0.706. The summed E-state index contributed by atoms with van der Waals surface area (Å²) in [5.41, 5.74) is 12.7. The van der Waals surface area contributed by atoms with E-state index in [1.165, 1.54) is 22.3 Å². The van der Waals surface area contributed by atoms with E-state index >= 15 is 0 Å². The highest BCUT2D eigenvalue weighted by Crippen LogP contribution is 2.36. The third-order valence-electron chi connectivity index (χ3n) is 3.49. The maximum Gasteiger partial charge on any atom is 0.0346 e. The van der Waals surface area contributed by atoms with Crippen LogP contribution >= 0.6 is 0 Å². The van der Waals surface area contributed by atoms with Crippen LogP contribution in [0.1, 0.15) is 40.0 Å². The van der Waals surface area contributed by atoms with Crippen molar-refractivity contribution in [3.05, 3.63) is 46.2 Å². The van der Waals surface area contributed by atoms with Gasteiger partial charge in [-0.2, -0.15) is 0 Å². The Balaban J connectivity index is 2.43. The van der Waals surface area contributed by atoms with E-state index in [9.17, 15) is 0 Å². The Morgan fingerprint density at radius 2 is 1.88 bits per heavy atom. The Labute approximate surface area is 98.4 Å². The molecule has 0 radical (unpaired) electrons. The third-order valence-corrected chi connectivity index (χ3v) is 3.49. The summed E-state index contributed by atoms with van der Waals surface area (Å²) in [7, 11) is 0. The molecule has 2 N–H and O–H groups in total. The SMILES string of the molecule is CC1=CC(C)=C(C2=CCCC=C2N)[C@@H](C)C1. The first-order chi connectivity index (χ1) is 7.59. The Bertz CT molecular complexity index is 419. The second-order valence-electron chi connectivity index (χ2n) is 5.05. The topological polar surface area (TPSA) is 26.0 Å². The lowest BCUT2D eigenvalue weighted by molar-refractivity contribution is 0.659. The molecule has 0 amide bonds. The smallest absolute Gasteiger partial charge is 0.0346 e. The van der Waals surface area contributed by atoms with E-state index in [0.717, 1.165) is 25.0 Å². The van der Waals surface area contributed by atoms with Crippen LogP contribution in [0.3, 0.4) is 0 Å². The molecule has 1 atom stereocenters. The molecule has 0 aromatic rings. The zero-order valence-electron chi connectivity index (χ0n) is 10.5. The van der Waals surface area contributed by atoms with Gasteiger partial charge in [-0.3, -0.25) is 0 Å². The molecule has 0 unspecified atom stereocenters. The molecule has 16 heavy (non-hydrogen) atoms. The lowest BCUT2D eigenvalue weighted by Gasteiger charge is -2.27. The summed E-state index contributed by atoms with van der Waals surface area (Å²) in [6, 6.07) is 0. The molecular formula is C15H21N. The molecule has 0 heterocycles. The number of hydrogen-bond acceptors (Lipinski definition) is 1. The van der Waals surface area contributed by atoms with E-state index in [0.29, 0.717) is 5.92 Å². The van der Waals surface area contributed by atoms with Crippen molar-refractivity contribution in [2.45, 2.75) is 40.0 Å². The van der Waals surface area contributed by atoms with Gasteiger partial charge in [0, 0.05) is 5.70 Å². The van der Waals surface area contributed by atoms with Gasteiger partial charge in [-0.25, -0.2) is 0 Å². The minimum Gasteiger partial charge on any atom is -0.399 e. The second kappa shape index (κ2) is 4.32. The van der Waals surface area contributed by atoms with E-state index in [-0.39, 0.29) is 0 Å². The first kappa shape index (κ1) is 11.3. The van der Waals surface area contributed by atoms with Crippen molar-refractivity contribution in [2.24, 2.45) is 11.7 Å². The number of allylic oxidation sites excluding steroid dienone is 6. The summed E-state index contributed by atoms with van der Waals surface area (Å²) < 4.78 is 0. The molecule has 0 bridgehead atoms. The molecule has 1 heteroatoms. The van der Waals surface area contributed by atoms with Crippen molar-refractivity contribution < 1.29 is 0 Å². The summed E-state index contributed by atoms with van der Waals surface area (Å²) >= 11 is 0. The molecule has 0 spiro atoms. The average molecular weight is 215 g/mol. The lowest BCUT2D eigenvalue weighted by atomic mass is 9.79. The van der Waals surface area contributed by atoms with Crippen LogP contribution in [0.2, 0.25) is 0 Å². The molecule has 0 saturated heterocycles. The molecule has 0 aromatic carbocycles. The van der Waals surface area contributed by atoms with Gasteiger partial charge in [-0.05, 0) is 55.7 Å². The maximum atomic E-state index is 6.11. The van der Waals surface area contributed by atoms with Gasteiger partial charge < -0.3 is 5.73 Å². The summed E-state index contributed by atoms with van der Waals surface area (Å²) in [5, 5.41) is 0. The number of nitrogens with two attached hydrogens (primary N) is 1. The first-order valence-corrected chi connectivity index (χ1v) is 6.14. The third kappa shape index (κ3) is 1.99. The highest BCUT2D eigenvalue weighted by Gasteiger charge is 2.21. The van der Waals surface area contributed by atoms with E-state index in [4.69, 9.17) is 5.73 Å². The summed E-state index contributed by atoms with van der Waals surface area (Å²) in [6.07, 6.45) is 10.1. The molecule has 1 nitrogen and oxygen atoms in total. The summed E-state index contributed by atoms with van der Waals surface area (Å²) in [6.45, 7) is 6.72. The fourth-order valence-electron chi connectivity index (χ4n) is 2.92. The van der Waals surface area contributed by atoms with E-state index in [1.807, 2.05) is 0 Å². The normalized spacial score (nSPS) is 26.2. The molecule has 2 aliphatic rings. The van der Waals surface area contributed by atoms with Gasteiger partial charge in [0.1, 0.15) is 0 Å². The van der Waals surface area contributed by atoms with Crippen LogP contribution < -0.4 is 5.73 Å². The Morgan fingerprint density at radius 1 is 1.19 bits per heavy atom. The standard InChI is InChI=1S/C15H21N/c1-10-8-11(2)15(12(3)9-10)13-6-4-5-7-14(13)16/h6-8,12H,4-5,9,16H2,1-3H3/t12-/m0/s1. The van der Waals surface area contributed by atoms with Crippen LogP contribution in [-0.2, 0) is 0 Å². The van der Waals surface area contributed by atoms with Gasteiger partial charge >= 0.3 is 0 Å². The van der Waals surface area contributed by atoms with Crippen LogP contribution in [-0.4, -0.2) is 0 Å². The molecule has 0 aliphatic heterocycles. The predicted octanol–water partition coefficient (Wildman–Crippen LogP) is 3.85. The molecule has 86 valence electrons. The minimum atomic E-state index is 0.598. The van der Waals surface area contributed by atoms with Crippen LogP contribution in [0.5, 0.6) is 0 Å². The predicted molar refractivity (Wildman–Crippen MR) is 69.8 cm³/mol. The maximum absolute atomic E-state index is 6.11. The van der Waals surface area contributed by atoms with Crippen molar-refractivity contribution >= 4 is 0 Å². The molecule has 0 saturated carbocycles. The van der Waals surface area contributed by atoms with E-state index in [2.05, 4.69) is 39.0 Å². The van der Waals surface area contributed by atoms with Crippen molar-refractivity contribution in [3.8, 4) is 0 Å². The van der Waals surface area contributed by atoms with Gasteiger partial charge in [0.05, 0.1) is 0 Å². The van der Waals surface area contributed by atoms with E-state index in [1.54, 1.807) is 0 Å². The molecular weight excluding hydrogens is 194 g/mol. The Morgan fingerprint density at radius 3 is 2.50 bits per heavy atom. The van der Waals surface area contributed by atoms with Gasteiger partial charge in [-0.1, -0.05) is 30.7 Å². The molecule has 2 aliphatic carbocycles. The lowest BCUT2D eigenvalue weighted by Crippen LogP contribution is -2.15. The number of rotatable bonds is 1. The van der Waals surface area contributed by atoms with Gasteiger partial charge in [0.25, 0.3) is 0 Å². The van der Waals surface area contributed by atoms with Crippen LogP contribution in [0, 0.1) is 5.92 Å². The van der Waals surface area contributed by atoms with Crippen molar-refractivity contribution in [3.63, 3.8) is 0 Å². The minimum absolute atomic E-state index is 0.598. The summed E-state index contributed by atoms with van der Waals surface area (Å²) in [4.78, 5) is 0. The highest BCUT2D eigenvalue weighted by molar-refractivity contribution is 5.53. The summed E-state index contributed by atoms with van der Waals surface area (Å²) in [5.74, 6) is 0.598. The van der Waals surface area contributed by atoms with Gasteiger partial charge in [0.2, 0.25) is 0 Å². The van der Waals surface area contributed by atoms with Crippen LogP contribution in [0.4, 0.5) is 0 Å². The monoisotopic (exact) mass is 215 g/mol.